The maximum Gasteiger partial charge on any atom is 0.340 e. The zero-order chi connectivity index (χ0) is 18.3. The van der Waals surface area contributed by atoms with Gasteiger partial charge in [0.25, 0.3) is 0 Å². The van der Waals surface area contributed by atoms with Crippen LogP contribution in [0.1, 0.15) is 19.3 Å². The molecule has 0 unspecified atom stereocenters. The summed E-state index contributed by atoms with van der Waals surface area (Å²) in [7, 11) is 0. The third-order valence-corrected chi connectivity index (χ3v) is 2.73. The van der Waals surface area contributed by atoms with Crippen LogP contribution in [0.3, 0.4) is 0 Å². The number of carbonyl (C=O) groups excluding carboxylic acids is 2. The zero-order valence-electron chi connectivity index (χ0n) is 12.1. The van der Waals surface area contributed by atoms with Crippen molar-refractivity contribution in [1.29, 1.82) is 0 Å². The molecule has 1 aromatic carbocycles. The van der Waals surface area contributed by atoms with E-state index >= 15 is 0 Å². The van der Waals surface area contributed by atoms with Gasteiger partial charge in [-0.25, -0.2) is 17.6 Å². The lowest BCUT2D eigenvalue weighted by atomic mass is 10.2. The molecule has 0 atom stereocenters. The van der Waals surface area contributed by atoms with Crippen LogP contribution in [-0.2, 0) is 14.3 Å². The first kappa shape index (κ1) is 19.8. The fraction of sp³-hybridized carbons (Fsp3) is 0.429. The minimum absolute atomic E-state index is 0.131. The highest BCUT2D eigenvalue weighted by molar-refractivity contribution is 5.91. The van der Waals surface area contributed by atoms with Crippen LogP contribution in [0.25, 0.3) is 0 Å². The summed E-state index contributed by atoms with van der Waals surface area (Å²) in [5.74, 6) is -8.12. The first-order valence-corrected chi connectivity index (χ1v) is 6.68. The SMILES string of the molecule is O=C(CCCC(=O)OCC(F)(F)C(F)F)Nc1ccc(F)cc1F. The van der Waals surface area contributed by atoms with Crippen molar-refractivity contribution in [3.63, 3.8) is 0 Å². The molecule has 0 radical (unpaired) electrons. The molecule has 1 amide bonds. The Kier molecular flexibility index (Phi) is 7.05. The quantitative estimate of drug-likeness (QED) is 0.572. The average molecular weight is 357 g/mol. The van der Waals surface area contributed by atoms with Crippen molar-refractivity contribution >= 4 is 17.6 Å². The Labute approximate surface area is 132 Å². The minimum atomic E-state index is -4.44. The number of halogens is 6. The van der Waals surface area contributed by atoms with Gasteiger partial charge in [-0.3, -0.25) is 9.59 Å². The summed E-state index contributed by atoms with van der Waals surface area (Å²) in [5, 5.41) is 2.13. The second-order valence-corrected chi connectivity index (χ2v) is 4.75. The molecule has 0 bridgehead atoms. The van der Waals surface area contributed by atoms with Crippen molar-refractivity contribution in [2.75, 3.05) is 11.9 Å². The van der Waals surface area contributed by atoms with E-state index in [1.54, 1.807) is 0 Å². The molecule has 1 N–H and O–H groups in total. The average Bonchev–Trinajstić information content (AvgIpc) is 2.48. The lowest BCUT2D eigenvalue weighted by Crippen LogP contribution is -2.33. The van der Waals surface area contributed by atoms with Crippen LogP contribution < -0.4 is 5.32 Å². The Morgan fingerprint density at radius 3 is 2.42 bits per heavy atom. The van der Waals surface area contributed by atoms with Crippen molar-refractivity contribution in [2.24, 2.45) is 0 Å². The van der Waals surface area contributed by atoms with Crippen LogP contribution in [-0.4, -0.2) is 30.8 Å². The molecule has 0 saturated carbocycles. The Morgan fingerprint density at radius 1 is 1.17 bits per heavy atom. The minimum Gasteiger partial charge on any atom is -0.459 e. The number of carbonyl (C=O) groups is 2. The number of esters is 1. The first-order chi connectivity index (χ1) is 11.1. The lowest BCUT2D eigenvalue weighted by molar-refractivity contribution is -0.179. The van der Waals surface area contributed by atoms with Crippen LogP contribution in [0.5, 0.6) is 0 Å². The van der Waals surface area contributed by atoms with Crippen LogP contribution in [0.4, 0.5) is 32.0 Å². The molecule has 0 fully saturated rings. The number of rotatable bonds is 8. The largest absolute Gasteiger partial charge is 0.459 e. The van der Waals surface area contributed by atoms with Gasteiger partial charge in [-0.1, -0.05) is 0 Å². The summed E-state index contributed by atoms with van der Waals surface area (Å²) < 4.78 is 78.7. The van der Waals surface area contributed by atoms with Crippen molar-refractivity contribution < 1.29 is 40.7 Å². The molecule has 1 aromatic rings. The summed E-state index contributed by atoms with van der Waals surface area (Å²) in [4.78, 5) is 22.6. The van der Waals surface area contributed by atoms with Gasteiger partial charge in [0.2, 0.25) is 5.91 Å². The highest BCUT2D eigenvalue weighted by Crippen LogP contribution is 2.23. The molecule has 0 saturated heterocycles. The maximum absolute atomic E-state index is 13.3. The van der Waals surface area contributed by atoms with E-state index < -0.39 is 48.9 Å². The van der Waals surface area contributed by atoms with Gasteiger partial charge in [-0.05, 0) is 18.6 Å². The van der Waals surface area contributed by atoms with Crippen LogP contribution in [0.2, 0.25) is 0 Å². The number of benzene rings is 1. The summed E-state index contributed by atoms with van der Waals surface area (Å²) in [5.41, 5.74) is -0.263. The third kappa shape index (κ3) is 6.47. The molecule has 1 rings (SSSR count). The van der Waals surface area contributed by atoms with Gasteiger partial charge in [0.1, 0.15) is 11.6 Å². The van der Waals surface area contributed by atoms with Crippen LogP contribution in [0, 0.1) is 11.6 Å². The van der Waals surface area contributed by atoms with E-state index in [0.717, 1.165) is 12.1 Å². The molecular weight excluding hydrogens is 344 g/mol. The maximum atomic E-state index is 13.3. The van der Waals surface area contributed by atoms with Gasteiger partial charge < -0.3 is 10.1 Å². The molecule has 4 nitrogen and oxygen atoms in total. The van der Waals surface area contributed by atoms with Gasteiger partial charge in [0, 0.05) is 18.9 Å². The molecule has 10 heteroatoms. The number of amides is 1. The van der Waals surface area contributed by atoms with Crippen molar-refractivity contribution in [3.8, 4) is 0 Å². The number of hydrogen-bond donors (Lipinski definition) is 1. The van der Waals surface area contributed by atoms with E-state index in [2.05, 4.69) is 10.1 Å². The molecule has 0 heterocycles. The Morgan fingerprint density at radius 2 is 1.83 bits per heavy atom. The van der Waals surface area contributed by atoms with Gasteiger partial charge in [-0.15, -0.1) is 0 Å². The molecule has 0 aromatic heterocycles. The molecule has 0 spiro atoms. The highest BCUT2D eigenvalue weighted by Gasteiger charge is 2.42. The zero-order valence-corrected chi connectivity index (χ0v) is 12.1. The van der Waals surface area contributed by atoms with Crippen LogP contribution in [0.15, 0.2) is 18.2 Å². The standard InChI is InChI=1S/C14H13F6NO3/c15-8-4-5-10(9(16)6-8)21-11(22)2-1-3-12(23)24-7-14(19,20)13(17)18/h4-6,13H,1-3,7H2,(H,21,22). The van der Waals surface area contributed by atoms with Crippen LogP contribution >= 0.6 is 0 Å². The van der Waals surface area contributed by atoms with E-state index in [9.17, 15) is 35.9 Å². The number of anilines is 1. The van der Waals surface area contributed by atoms with E-state index in [0.29, 0.717) is 6.07 Å². The van der Waals surface area contributed by atoms with Gasteiger partial charge in [-0.2, -0.15) is 8.78 Å². The van der Waals surface area contributed by atoms with Gasteiger partial charge >= 0.3 is 18.3 Å². The Balaban J connectivity index is 2.31. The third-order valence-electron chi connectivity index (χ3n) is 2.73. The Bertz CT molecular complexity index is 594. The topological polar surface area (TPSA) is 55.4 Å². The summed E-state index contributed by atoms with van der Waals surface area (Å²) >= 11 is 0. The molecule has 24 heavy (non-hydrogen) atoms. The van der Waals surface area contributed by atoms with E-state index in [1.165, 1.54) is 0 Å². The van der Waals surface area contributed by atoms with Crippen molar-refractivity contribution in [1.82, 2.24) is 0 Å². The van der Waals surface area contributed by atoms with E-state index in [1.807, 2.05) is 0 Å². The van der Waals surface area contributed by atoms with E-state index in [-0.39, 0.29) is 18.5 Å². The normalized spacial score (nSPS) is 11.5. The highest BCUT2D eigenvalue weighted by atomic mass is 19.3. The van der Waals surface area contributed by atoms with Gasteiger partial charge in [0.05, 0.1) is 5.69 Å². The smallest absolute Gasteiger partial charge is 0.340 e. The van der Waals surface area contributed by atoms with Crippen molar-refractivity contribution in [3.05, 3.63) is 29.8 Å². The molecule has 0 aliphatic heterocycles. The summed E-state index contributed by atoms with van der Waals surface area (Å²) in [6, 6.07) is 2.50. The predicted octanol–water partition coefficient (Wildman–Crippen LogP) is 3.52. The van der Waals surface area contributed by atoms with Crippen molar-refractivity contribution in [2.45, 2.75) is 31.6 Å². The molecular formula is C14H13F6NO3. The molecule has 0 aliphatic carbocycles. The fourth-order valence-electron chi connectivity index (χ4n) is 1.51. The second kappa shape index (κ2) is 8.55. The second-order valence-electron chi connectivity index (χ2n) is 4.75. The number of ether oxygens (including phenoxy) is 1. The first-order valence-electron chi connectivity index (χ1n) is 6.68. The summed E-state index contributed by atoms with van der Waals surface area (Å²) in [6.45, 7) is -1.75. The van der Waals surface area contributed by atoms with E-state index in [4.69, 9.17) is 0 Å². The molecule has 0 aliphatic rings. The Hall–Kier alpha value is -2.26. The molecule has 134 valence electrons. The van der Waals surface area contributed by atoms with Gasteiger partial charge in [0.15, 0.2) is 6.61 Å². The fourth-order valence-corrected chi connectivity index (χ4v) is 1.51. The number of hydrogen-bond acceptors (Lipinski definition) is 3. The number of alkyl halides is 4. The lowest BCUT2D eigenvalue weighted by Gasteiger charge is -2.14. The number of nitrogens with one attached hydrogen (secondary N) is 1. The summed E-state index contributed by atoms with van der Waals surface area (Å²) in [6.07, 6.45) is -4.83. The predicted molar refractivity (Wildman–Crippen MR) is 70.7 cm³/mol. The monoisotopic (exact) mass is 357 g/mol.